The number of rotatable bonds is 6. The molecule has 1 atom stereocenters. The van der Waals surface area contributed by atoms with Crippen LogP contribution in [-0.2, 0) is 4.74 Å². The molecule has 0 aromatic heterocycles. The second-order valence-electron chi connectivity index (χ2n) is 6.71. The van der Waals surface area contributed by atoms with Crippen molar-refractivity contribution in [1.82, 2.24) is 10.2 Å². The van der Waals surface area contributed by atoms with Crippen molar-refractivity contribution in [2.75, 3.05) is 45.3 Å². The number of anilines is 1. The monoisotopic (exact) mass is 385 g/mol. The first kappa shape index (κ1) is 19.6. The minimum absolute atomic E-state index is 0.106. The van der Waals surface area contributed by atoms with Gasteiger partial charge in [-0.1, -0.05) is 35.9 Å². The smallest absolute Gasteiger partial charge is 0.171 e. The van der Waals surface area contributed by atoms with Gasteiger partial charge in [0.1, 0.15) is 5.75 Å². The van der Waals surface area contributed by atoms with Crippen LogP contribution >= 0.6 is 12.2 Å². The fourth-order valence-corrected chi connectivity index (χ4v) is 3.36. The van der Waals surface area contributed by atoms with Crippen molar-refractivity contribution >= 4 is 23.0 Å². The summed E-state index contributed by atoms with van der Waals surface area (Å²) in [5, 5.41) is 7.34. The van der Waals surface area contributed by atoms with E-state index in [0.717, 1.165) is 44.3 Å². The van der Waals surface area contributed by atoms with Gasteiger partial charge in [-0.15, -0.1) is 0 Å². The molecular weight excluding hydrogens is 358 g/mol. The number of nitrogens with one attached hydrogen (secondary N) is 2. The lowest BCUT2D eigenvalue weighted by atomic mass is 10.0. The first-order valence-corrected chi connectivity index (χ1v) is 9.63. The summed E-state index contributed by atoms with van der Waals surface area (Å²) in [6.07, 6.45) is 0. The molecular formula is C21H27N3O2S. The molecule has 0 bridgehead atoms. The third-order valence-electron chi connectivity index (χ3n) is 4.66. The Labute approximate surface area is 166 Å². The van der Waals surface area contributed by atoms with Crippen LogP contribution in [0.2, 0.25) is 0 Å². The van der Waals surface area contributed by atoms with E-state index in [1.165, 1.54) is 11.1 Å². The summed E-state index contributed by atoms with van der Waals surface area (Å²) in [6.45, 7) is 6.44. The molecule has 27 heavy (non-hydrogen) atoms. The second-order valence-corrected chi connectivity index (χ2v) is 7.11. The zero-order chi connectivity index (χ0) is 19.1. The number of aryl methyl sites for hydroxylation is 1. The first-order valence-electron chi connectivity index (χ1n) is 9.22. The van der Waals surface area contributed by atoms with Crippen LogP contribution in [0, 0.1) is 6.92 Å². The molecule has 144 valence electrons. The molecule has 0 saturated carbocycles. The largest absolute Gasteiger partial charge is 0.497 e. The summed E-state index contributed by atoms with van der Waals surface area (Å²) in [5.41, 5.74) is 3.38. The van der Waals surface area contributed by atoms with Gasteiger partial charge in [0.15, 0.2) is 5.11 Å². The predicted octanol–water partition coefficient (Wildman–Crippen LogP) is 3.36. The van der Waals surface area contributed by atoms with Crippen LogP contribution in [-0.4, -0.2) is 50.0 Å². The number of hydrogen-bond acceptors (Lipinski definition) is 4. The Bertz CT molecular complexity index is 745. The number of ether oxygens (including phenoxy) is 2. The third-order valence-corrected chi connectivity index (χ3v) is 4.88. The molecule has 0 spiro atoms. The summed E-state index contributed by atoms with van der Waals surface area (Å²) in [5.74, 6) is 0.797. The molecule has 1 heterocycles. The Morgan fingerprint density at radius 1 is 1.19 bits per heavy atom. The van der Waals surface area contributed by atoms with Gasteiger partial charge in [-0.25, -0.2) is 0 Å². The minimum Gasteiger partial charge on any atom is -0.497 e. The average Bonchev–Trinajstić information content (AvgIpc) is 2.69. The molecule has 1 saturated heterocycles. The van der Waals surface area contributed by atoms with Gasteiger partial charge < -0.3 is 20.1 Å². The van der Waals surface area contributed by atoms with Crippen LogP contribution in [0.15, 0.2) is 48.5 Å². The van der Waals surface area contributed by atoms with E-state index in [1.807, 2.05) is 24.3 Å². The molecule has 0 radical (unpaired) electrons. The van der Waals surface area contributed by atoms with Crippen LogP contribution in [0.3, 0.4) is 0 Å². The maximum absolute atomic E-state index is 5.58. The fraction of sp³-hybridized carbons (Fsp3) is 0.381. The van der Waals surface area contributed by atoms with Gasteiger partial charge in [-0.3, -0.25) is 4.90 Å². The number of hydrogen-bond donors (Lipinski definition) is 2. The summed E-state index contributed by atoms with van der Waals surface area (Å²) in [6, 6.07) is 16.5. The van der Waals surface area contributed by atoms with Gasteiger partial charge in [-0.05, 0) is 36.8 Å². The molecule has 2 aromatic carbocycles. The summed E-state index contributed by atoms with van der Waals surface area (Å²) in [7, 11) is 1.66. The van der Waals surface area contributed by atoms with Crippen LogP contribution in [0.1, 0.15) is 17.2 Å². The summed E-state index contributed by atoms with van der Waals surface area (Å²) < 4.78 is 10.7. The zero-order valence-corrected chi connectivity index (χ0v) is 16.7. The van der Waals surface area contributed by atoms with E-state index in [0.29, 0.717) is 5.11 Å². The van der Waals surface area contributed by atoms with E-state index in [4.69, 9.17) is 21.7 Å². The number of morpholine rings is 1. The lowest BCUT2D eigenvalue weighted by Crippen LogP contribution is -2.44. The van der Waals surface area contributed by atoms with Gasteiger partial charge in [0.25, 0.3) is 0 Å². The molecule has 1 aliphatic heterocycles. The highest BCUT2D eigenvalue weighted by atomic mass is 32.1. The summed E-state index contributed by atoms with van der Waals surface area (Å²) >= 11 is 5.58. The van der Waals surface area contributed by atoms with E-state index < -0.39 is 0 Å². The predicted molar refractivity (Wildman–Crippen MR) is 114 cm³/mol. The molecule has 0 aliphatic carbocycles. The van der Waals surface area contributed by atoms with Crippen LogP contribution < -0.4 is 15.4 Å². The van der Waals surface area contributed by atoms with E-state index in [-0.39, 0.29) is 6.04 Å². The van der Waals surface area contributed by atoms with Crippen molar-refractivity contribution in [3.05, 3.63) is 59.7 Å². The van der Waals surface area contributed by atoms with Crippen molar-refractivity contribution in [3.8, 4) is 5.75 Å². The third kappa shape index (κ3) is 5.92. The molecule has 2 N–H and O–H groups in total. The number of methoxy groups -OCH3 is 1. The van der Waals surface area contributed by atoms with Crippen molar-refractivity contribution in [2.24, 2.45) is 0 Å². The van der Waals surface area contributed by atoms with Gasteiger partial charge in [-0.2, -0.15) is 0 Å². The van der Waals surface area contributed by atoms with Gasteiger partial charge in [0.05, 0.1) is 26.4 Å². The Balaban J connectivity index is 1.69. The molecule has 5 nitrogen and oxygen atoms in total. The maximum atomic E-state index is 5.58. The molecule has 0 amide bonds. The second kappa shape index (κ2) is 9.69. The van der Waals surface area contributed by atoms with Crippen molar-refractivity contribution in [3.63, 3.8) is 0 Å². The lowest BCUT2D eigenvalue weighted by molar-refractivity contribution is 0.0344. The Morgan fingerprint density at radius 3 is 2.63 bits per heavy atom. The molecule has 2 aromatic rings. The SMILES string of the molecule is COc1cccc(NC(=S)N[C@H](CN2CCOCC2)c2ccc(C)cc2)c1. The van der Waals surface area contributed by atoms with Crippen molar-refractivity contribution < 1.29 is 9.47 Å². The van der Waals surface area contributed by atoms with E-state index in [9.17, 15) is 0 Å². The van der Waals surface area contributed by atoms with Crippen LogP contribution in [0.4, 0.5) is 5.69 Å². The number of nitrogens with zero attached hydrogens (tertiary/aromatic N) is 1. The molecule has 0 unspecified atom stereocenters. The van der Waals surface area contributed by atoms with Crippen molar-refractivity contribution in [2.45, 2.75) is 13.0 Å². The standard InChI is InChI=1S/C21H27N3O2S/c1-16-6-8-17(9-7-16)20(15-24-10-12-26-13-11-24)23-21(27)22-18-4-3-5-19(14-18)25-2/h3-9,14,20H,10-13,15H2,1-2H3,(H2,22,23,27)/t20-/m1/s1. The normalized spacial score (nSPS) is 15.8. The van der Waals surface area contributed by atoms with Gasteiger partial charge in [0.2, 0.25) is 0 Å². The Morgan fingerprint density at radius 2 is 1.93 bits per heavy atom. The van der Waals surface area contributed by atoms with Crippen LogP contribution in [0.5, 0.6) is 5.75 Å². The highest BCUT2D eigenvalue weighted by molar-refractivity contribution is 7.80. The topological polar surface area (TPSA) is 45.8 Å². The molecule has 6 heteroatoms. The van der Waals surface area contributed by atoms with Crippen molar-refractivity contribution in [1.29, 1.82) is 0 Å². The van der Waals surface area contributed by atoms with Gasteiger partial charge in [0, 0.05) is 31.4 Å². The Kier molecular flexibility index (Phi) is 7.04. The molecule has 1 aliphatic rings. The number of thiocarbonyl (C=S) groups is 1. The maximum Gasteiger partial charge on any atom is 0.171 e. The highest BCUT2D eigenvalue weighted by Crippen LogP contribution is 2.19. The minimum atomic E-state index is 0.106. The average molecular weight is 386 g/mol. The highest BCUT2D eigenvalue weighted by Gasteiger charge is 2.19. The Hall–Kier alpha value is -2.15. The lowest BCUT2D eigenvalue weighted by Gasteiger charge is -2.31. The molecule has 1 fully saturated rings. The van der Waals surface area contributed by atoms with E-state index >= 15 is 0 Å². The fourth-order valence-electron chi connectivity index (χ4n) is 3.10. The molecule has 3 rings (SSSR count). The van der Waals surface area contributed by atoms with Gasteiger partial charge >= 0.3 is 0 Å². The van der Waals surface area contributed by atoms with Crippen LogP contribution in [0.25, 0.3) is 0 Å². The quantitative estimate of drug-likeness (QED) is 0.744. The zero-order valence-electron chi connectivity index (χ0n) is 15.9. The van der Waals surface area contributed by atoms with E-state index in [2.05, 4.69) is 46.7 Å². The first-order chi connectivity index (χ1) is 13.1. The summed E-state index contributed by atoms with van der Waals surface area (Å²) in [4.78, 5) is 2.41. The number of benzene rings is 2. The van der Waals surface area contributed by atoms with E-state index in [1.54, 1.807) is 7.11 Å².